The summed E-state index contributed by atoms with van der Waals surface area (Å²) in [7, 11) is 2.66. The van der Waals surface area contributed by atoms with Crippen molar-refractivity contribution < 1.29 is 52.4 Å². The Kier molecular flexibility index (Phi) is 13.2. The minimum atomic E-state index is -0.449. The van der Waals surface area contributed by atoms with Gasteiger partial charge in [0.2, 0.25) is 5.69 Å². The summed E-state index contributed by atoms with van der Waals surface area (Å²) in [5, 5.41) is 0. The van der Waals surface area contributed by atoms with Crippen molar-refractivity contribution in [1.82, 2.24) is 0 Å². The van der Waals surface area contributed by atoms with Crippen LogP contribution >= 0.6 is 0 Å². The zero-order valence-electron chi connectivity index (χ0n) is 33.4. The average Bonchev–Trinajstić information content (AvgIpc) is 3.54. The number of ether oxygens (including phenoxy) is 3. The Labute approximate surface area is 343 Å². The van der Waals surface area contributed by atoms with Gasteiger partial charge in [0.15, 0.2) is 5.71 Å². The van der Waals surface area contributed by atoms with E-state index in [1.165, 1.54) is 48.1 Å². The van der Waals surface area contributed by atoms with Crippen LogP contribution in [0.15, 0.2) is 120 Å². The SMILES string of the molecule is CCN1/C(=C/C=C2\CCCC(/C=C/C3=[N+](CC)c4ccccc4C3(C)C)=C2Oc2ccc(N(CC(=O)OC)CC(=O)OC)cc2)C(C)(C)c2ccccc21.[I-]. The van der Waals surface area contributed by atoms with E-state index in [-0.39, 0.29) is 47.9 Å². The summed E-state index contributed by atoms with van der Waals surface area (Å²) in [6, 6.07) is 24.9. The number of carbonyl (C=O) groups is 2. The molecule has 0 atom stereocenters. The van der Waals surface area contributed by atoms with Gasteiger partial charge in [-0.15, -0.1) is 0 Å². The number of esters is 2. The summed E-state index contributed by atoms with van der Waals surface area (Å²) in [6.45, 7) is 15.2. The van der Waals surface area contributed by atoms with Crippen molar-refractivity contribution in [2.24, 2.45) is 0 Å². The molecule has 0 saturated carbocycles. The molecule has 3 aromatic rings. The van der Waals surface area contributed by atoms with E-state index in [4.69, 9.17) is 14.2 Å². The Morgan fingerprint density at radius 1 is 0.800 bits per heavy atom. The maximum atomic E-state index is 12.2. The lowest BCUT2D eigenvalue weighted by molar-refractivity contribution is -0.433. The number of para-hydroxylation sites is 2. The van der Waals surface area contributed by atoms with Crippen molar-refractivity contribution in [2.75, 3.05) is 50.2 Å². The number of methoxy groups -OCH3 is 2. The number of anilines is 2. The third kappa shape index (κ3) is 8.32. The monoisotopic (exact) mass is 855 g/mol. The minimum Gasteiger partial charge on any atom is -1.00 e. The van der Waals surface area contributed by atoms with Crippen LogP contribution in [-0.2, 0) is 29.9 Å². The van der Waals surface area contributed by atoms with Gasteiger partial charge in [-0.25, -0.2) is 0 Å². The van der Waals surface area contributed by atoms with Crippen LogP contribution in [0.1, 0.15) is 71.9 Å². The van der Waals surface area contributed by atoms with Crippen molar-refractivity contribution in [2.45, 2.75) is 71.6 Å². The molecule has 2 heterocycles. The third-order valence-electron chi connectivity index (χ3n) is 11.1. The lowest BCUT2D eigenvalue weighted by Crippen LogP contribution is -3.00. The number of halogens is 1. The van der Waals surface area contributed by atoms with E-state index in [1.54, 1.807) is 4.90 Å². The summed E-state index contributed by atoms with van der Waals surface area (Å²) in [5.74, 6) is 0.623. The topological polar surface area (TPSA) is 71.3 Å². The third-order valence-corrected chi connectivity index (χ3v) is 11.1. The lowest BCUT2D eigenvalue weighted by atomic mass is 9.81. The predicted molar refractivity (Wildman–Crippen MR) is 217 cm³/mol. The summed E-state index contributed by atoms with van der Waals surface area (Å²) in [4.78, 5) is 28.4. The van der Waals surface area contributed by atoms with Gasteiger partial charge in [-0.1, -0.05) is 56.3 Å². The highest BCUT2D eigenvalue weighted by Gasteiger charge is 2.43. The van der Waals surface area contributed by atoms with Crippen molar-refractivity contribution in [3.8, 4) is 5.75 Å². The van der Waals surface area contributed by atoms with Gasteiger partial charge in [0.05, 0.1) is 19.6 Å². The molecule has 1 aliphatic carbocycles. The van der Waals surface area contributed by atoms with Gasteiger partial charge < -0.3 is 48.0 Å². The fourth-order valence-electron chi connectivity index (χ4n) is 8.20. The van der Waals surface area contributed by atoms with E-state index in [9.17, 15) is 9.59 Å². The number of fused-ring (bicyclic) bond motifs is 2. The number of benzene rings is 3. The molecule has 6 rings (SSSR count). The van der Waals surface area contributed by atoms with Gasteiger partial charge >= 0.3 is 11.9 Å². The molecule has 3 aromatic carbocycles. The fourth-order valence-corrected chi connectivity index (χ4v) is 8.20. The molecule has 0 amide bonds. The maximum Gasteiger partial charge on any atom is 0.325 e. The number of rotatable bonds is 12. The van der Waals surface area contributed by atoms with Crippen LogP contribution in [0.5, 0.6) is 5.75 Å². The zero-order valence-corrected chi connectivity index (χ0v) is 35.6. The molecule has 55 heavy (non-hydrogen) atoms. The Morgan fingerprint density at radius 3 is 2.07 bits per heavy atom. The van der Waals surface area contributed by atoms with Crippen LogP contribution < -0.4 is 38.5 Å². The van der Waals surface area contributed by atoms with Crippen molar-refractivity contribution in [3.05, 3.63) is 131 Å². The van der Waals surface area contributed by atoms with Gasteiger partial charge in [-0.3, -0.25) is 9.59 Å². The van der Waals surface area contributed by atoms with Crippen LogP contribution in [0.4, 0.5) is 17.1 Å². The van der Waals surface area contributed by atoms with E-state index in [2.05, 4.69) is 124 Å². The normalized spacial score (nSPS) is 18.4. The Bertz CT molecular complexity index is 2050. The van der Waals surface area contributed by atoms with Crippen LogP contribution in [0.3, 0.4) is 0 Å². The highest BCUT2D eigenvalue weighted by atomic mass is 127. The number of likely N-dealkylation sites (N-methyl/N-ethyl adjacent to an activating group) is 1. The molecular weight excluding hydrogens is 801 g/mol. The molecule has 9 heteroatoms. The second-order valence-corrected chi connectivity index (χ2v) is 15.0. The molecule has 8 nitrogen and oxygen atoms in total. The molecule has 0 fully saturated rings. The molecule has 0 saturated heterocycles. The second-order valence-electron chi connectivity index (χ2n) is 15.0. The van der Waals surface area contributed by atoms with Crippen LogP contribution in [-0.4, -0.2) is 62.6 Å². The van der Waals surface area contributed by atoms with Crippen molar-refractivity contribution in [1.29, 1.82) is 0 Å². The smallest absolute Gasteiger partial charge is 0.325 e. The first-order valence-corrected chi connectivity index (χ1v) is 19.1. The Hall–Kier alpha value is -4.64. The summed E-state index contributed by atoms with van der Waals surface area (Å²) >= 11 is 0. The van der Waals surface area contributed by atoms with Crippen LogP contribution in [0.2, 0.25) is 0 Å². The Balaban J connectivity index is 0.00000580. The summed E-state index contributed by atoms with van der Waals surface area (Å²) in [6.07, 6.45) is 11.9. The van der Waals surface area contributed by atoms with E-state index < -0.39 is 11.9 Å². The van der Waals surface area contributed by atoms with Gasteiger partial charge in [-0.05, 0) is 106 Å². The molecule has 0 aromatic heterocycles. The van der Waals surface area contributed by atoms with Crippen molar-refractivity contribution >= 4 is 34.7 Å². The Morgan fingerprint density at radius 2 is 1.44 bits per heavy atom. The minimum absolute atomic E-state index is 0. The van der Waals surface area contributed by atoms with Gasteiger partial charge in [0, 0.05) is 46.7 Å². The highest BCUT2D eigenvalue weighted by Crippen LogP contribution is 2.48. The number of allylic oxidation sites excluding steroid dienone is 7. The van der Waals surface area contributed by atoms with Gasteiger partial charge in [0.1, 0.15) is 31.1 Å². The molecule has 2 aliphatic heterocycles. The first-order valence-electron chi connectivity index (χ1n) is 19.1. The van der Waals surface area contributed by atoms with E-state index in [0.29, 0.717) is 11.4 Å². The quantitative estimate of drug-likeness (QED) is 0.127. The van der Waals surface area contributed by atoms with Crippen LogP contribution in [0, 0.1) is 0 Å². The second kappa shape index (κ2) is 17.4. The standard InChI is InChI=1S/C46H54N3O5.HI/c1-9-48-38-20-13-11-18-36(38)45(3,4)40(48)28-22-32-16-15-17-33(23-29-41-46(5,6)37-19-12-14-21-39(37)49(41)10-2)44(32)54-35-26-24-34(25-27-35)47(30-42(50)52-7)31-43(51)53-8;/h11-14,18-29H,9-10,15-17,30-31H2,1-8H3;1H/q+1;/p-1. The van der Waals surface area contributed by atoms with E-state index in [0.717, 1.165) is 49.3 Å². The summed E-state index contributed by atoms with van der Waals surface area (Å²) < 4.78 is 19.1. The number of nitrogens with zero attached hydrogens (tertiary/aromatic N) is 3. The number of carbonyl (C=O) groups excluding carboxylic acids is 2. The first-order chi connectivity index (χ1) is 25.9. The molecule has 3 aliphatic rings. The zero-order chi connectivity index (χ0) is 38.6. The lowest BCUT2D eigenvalue weighted by Gasteiger charge is -2.27. The molecule has 0 bridgehead atoms. The summed E-state index contributed by atoms with van der Waals surface area (Å²) in [5.41, 5.74) is 10.4. The van der Waals surface area contributed by atoms with Crippen LogP contribution in [0.25, 0.3) is 0 Å². The fraction of sp³-hybridized carbons (Fsp3) is 0.370. The van der Waals surface area contributed by atoms with E-state index in [1.807, 2.05) is 24.3 Å². The largest absolute Gasteiger partial charge is 1.00 e. The van der Waals surface area contributed by atoms with E-state index >= 15 is 0 Å². The molecule has 290 valence electrons. The van der Waals surface area contributed by atoms with Gasteiger partial charge in [0.25, 0.3) is 0 Å². The molecule has 0 radical (unpaired) electrons. The molecule has 0 spiro atoms. The maximum absolute atomic E-state index is 12.2. The highest BCUT2D eigenvalue weighted by molar-refractivity contribution is 6.03. The molecule has 0 unspecified atom stereocenters. The number of hydrogen-bond donors (Lipinski definition) is 0. The first kappa shape index (κ1) is 41.5. The number of hydrogen-bond acceptors (Lipinski definition) is 7. The molecule has 0 N–H and O–H groups in total. The predicted octanol–water partition coefficient (Wildman–Crippen LogP) is 5.94. The van der Waals surface area contributed by atoms with Gasteiger partial charge in [-0.2, -0.15) is 4.58 Å². The van der Waals surface area contributed by atoms with Crippen molar-refractivity contribution in [3.63, 3.8) is 0 Å². The average molecular weight is 856 g/mol. The molecular formula is C46H54IN3O5.